The van der Waals surface area contributed by atoms with Crippen molar-refractivity contribution in [3.05, 3.63) is 53.9 Å². The van der Waals surface area contributed by atoms with Crippen LogP contribution < -0.4 is 0 Å². The summed E-state index contributed by atoms with van der Waals surface area (Å²) < 4.78 is 0. The van der Waals surface area contributed by atoms with Crippen LogP contribution >= 0.6 is 0 Å². The lowest BCUT2D eigenvalue weighted by molar-refractivity contribution is 0.881. The second-order valence-electron chi connectivity index (χ2n) is 3.77. The molecule has 2 heterocycles. The molecule has 3 aromatic rings. The van der Waals surface area contributed by atoms with E-state index in [2.05, 4.69) is 37.7 Å². The zero-order valence-corrected chi connectivity index (χ0v) is 9.09. The predicted molar refractivity (Wildman–Crippen MR) is 63.2 cm³/mol. The number of rotatable bonds is 3. The number of aromatic nitrogens is 5. The molecular weight excluding hydrogens is 214 g/mol. The average molecular weight is 225 g/mol. The van der Waals surface area contributed by atoms with Crippen molar-refractivity contribution in [2.24, 2.45) is 0 Å². The van der Waals surface area contributed by atoms with Crippen molar-refractivity contribution in [2.45, 2.75) is 6.42 Å². The van der Waals surface area contributed by atoms with Crippen molar-refractivity contribution in [3.63, 3.8) is 0 Å². The van der Waals surface area contributed by atoms with Crippen molar-refractivity contribution in [1.29, 1.82) is 0 Å². The third kappa shape index (κ3) is 1.94. The number of aromatic amines is 2. The molecular formula is C12H11N5. The van der Waals surface area contributed by atoms with Crippen LogP contribution in [0.2, 0.25) is 0 Å². The first-order chi connectivity index (χ1) is 8.43. The molecule has 0 aliphatic carbocycles. The zero-order valence-electron chi connectivity index (χ0n) is 9.09. The van der Waals surface area contributed by atoms with E-state index in [0.717, 1.165) is 17.7 Å². The highest BCUT2D eigenvalue weighted by Gasteiger charge is 2.10. The van der Waals surface area contributed by atoms with Gasteiger partial charge in [-0.05, 0) is 16.8 Å². The van der Waals surface area contributed by atoms with Gasteiger partial charge in [-0.25, -0.2) is 0 Å². The number of hydrogen-bond acceptors (Lipinski definition) is 3. The first kappa shape index (κ1) is 9.77. The molecule has 5 nitrogen and oxygen atoms in total. The Balaban J connectivity index is 1.92. The van der Waals surface area contributed by atoms with Crippen LogP contribution in [0.15, 0.2) is 42.6 Å². The fourth-order valence-electron chi connectivity index (χ4n) is 1.84. The van der Waals surface area contributed by atoms with Gasteiger partial charge in [-0.1, -0.05) is 30.3 Å². The van der Waals surface area contributed by atoms with E-state index >= 15 is 0 Å². The lowest BCUT2D eigenvalue weighted by Gasteiger charge is -2.01. The largest absolute Gasteiger partial charge is 0.364 e. The molecule has 84 valence electrons. The third-order valence-corrected chi connectivity index (χ3v) is 2.64. The molecule has 0 bridgehead atoms. The molecule has 0 fully saturated rings. The quantitative estimate of drug-likeness (QED) is 0.713. The SMILES string of the molecule is c1ccc(Cc2[nH]ccc2-c2nn[nH]n2)cc1. The minimum absolute atomic E-state index is 0.622. The van der Waals surface area contributed by atoms with E-state index in [1.807, 2.05) is 30.5 Å². The Morgan fingerprint density at radius 3 is 2.71 bits per heavy atom. The predicted octanol–water partition coefficient (Wildman–Crippen LogP) is 1.79. The van der Waals surface area contributed by atoms with Crippen LogP contribution in [-0.4, -0.2) is 25.6 Å². The lowest BCUT2D eigenvalue weighted by Crippen LogP contribution is -1.91. The highest BCUT2D eigenvalue weighted by atomic mass is 15.5. The monoisotopic (exact) mass is 225 g/mol. The summed E-state index contributed by atoms with van der Waals surface area (Å²) >= 11 is 0. The number of hydrogen-bond donors (Lipinski definition) is 2. The molecule has 0 amide bonds. The maximum Gasteiger partial charge on any atom is 0.206 e. The van der Waals surface area contributed by atoms with Crippen molar-refractivity contribution in [2.75, 3.05) is 0 Å². The summed E-state index contributed by atoms with van der Waals surface area (Å²) in [5, 5.41) is 14.0. The summed E-state index contributed by atoms with van der Waals surface area (Å²) in [5.74, 6) is 0.622. The minimum Gasteiger partial charge on any atom is -0.364 e. The summed E-state index contributed by atoms with van der Waals surface area (Å²) in [5.41, 5.74) is 3.33. The molecule has 0 atom stereocenters. The van der Waals surface area contributed by atoms with Crippen molar-refractivity contribution in [1.82, 2.24) is 25.6 Å². The van der Waals surface area contributed by atoms with E-state index < -0.39 is 0 Å². The molecule has 2 aromatic heterocycles. The van der Waals surface area contributed by atoms with Gasteiger partial charge < -0.3 is 4.98 Å². The van der Waals surface area contributed by atoms with Crippen LogP contribution in [-0.2, 0) is 6.42 Å². The van der Waals surface area contributed by atoms with Gasteiger partial charge in [0.1, 0.15) is 0 Å². The number of H-pyrrole nitrogens is 2. The minimum atomic E-state index is 0.622. The van der Waals surface area contributed by atoms with Gasteiger partial charge in [0, 0.05) is 23.9 Å². The van der Waals surface area contributed by atoms with Crippen LogP contribution in [0.1, 0.15) is 11.3 Å². The highest BCUT2D eigenvalue weighted by molar-refractivity contribution is 5.58. The van der Waals surface area contributed by atoms with E-state index in [-0.39, 0.29) is 0 Å². The molecule has 5 heteroatoms. The van der Waals surface area contributed by atoms with Crippen molar-refractivity contribution < 1.29 is 0 Å². The van der Waals surface area contributed by atoms with Crippen LogP contribution in [0.3, 0.4) is 0 Å². The molecule has 0 saturated heterocycles. The number of benzene rings is 1. The van der Waals surface area contributed by atoms with Crippen LogP contribution in [0.5, 0.6) is 0 Å². The summed E-state index contributed by atoms with van der Waals surface area (Å²) in [6.07, 6.45) is 2.72. The Morgan fingerprint density at radius 2 is 1.94 bits per heavy atom. The van der Waals surface area contributed by atoms with E-state index in [1.54, 1.807) is 0 Å². The van der Waals surface area contributed by atoms with Gasteiger partial charge in [-0.2, -0.15) is 5.21 Å². The maximum absolute atomic E-state index is 3.99. The molecule has 17 heavy (non-hydrogen) atoms. The van der Waals surface area contributed by atoms with E-state index in [1.165, 1.54) is 5.56 Å². The average Bonchev–Trinajstić information content (AvgIpc) is 3.00. The van der Waals surface area contributed by atoms with Crippen LogP contribution in [0, 0.1) is 0 Å². The third-order valence-electron chi connectivity index (χ3n) is 2.64. The Bertz CT molecular complexity index is 582. The molecule has 0 radical (unpaired) electrons. The normalized spacial score (nSPS) is 10.6. The lowest BCUT2D eigenvalue weighted by atomic mass is 10.1. The summed E-state index contributed by atoms with van der Waals surface area (Å²) in [6.45, 7) is 0. The molecule has 0 aliphatic heterocycles. The smallest absolute Gasteiger partial charge is 0.206 e. The van der Waals surface area contributed by atoms with Gasteiger partial charge in [0.25, 0.3) is 0 Å². The fourth-order valence-corrected chi connectivity index (χ4v) is 1.84. The molecule has 3 rings (SSSR count). The molecule has 0 saturated carbocycles. The van der Waals surface area contributed by atoms with Gasteiger partial charge in [0.2, 0.25) is 5.82 Å². The van der Waals surface area contributed by atoms with E-state index in [9.17, 15) is 0 Å². The molecule has 0 spiro atoms. The van der Waals surface area contributed by atoms with Gasteiger partial charge in [-0.15, -0.1) is 10.2 Å². The molecule has 0 aliphatic rings. The van der Waals surface area contributed by atoms with E-state index in [0.29, 0.717) is 5.82 Å². The zero-order chi connectivity index (χ0) is 11.5. The molecule has 0 unspecified atom stereocenters. The topological polar surface area (TPSA) is 70.2 Å². The first-order valence-corrected chi connectivity index (χ1v) is 5.37. The van der Waals surface area contributed by atoms with E-state index in [4.69, 9.17) is 0 Å². The Labute approximate surface area is 97.9 Å². The molecule has 1 aromatic carbocycles. The summed E-state index contributed by atoms with van der Waals surface area (Å²) in [7, 11) is 0. The standard InChI is InChI=1S/C12H11N5/c1-2-4-9(5-3-1)8-11-10(6-7-13-11)12-14-16-17-15-12/h1-7,13H,8H2,(H,14,15,16,17). The van der Waals surface area contributed by atoms with Crippen LogP contribution in [0.25, 0.3) is 11.4 Å². The summed E-state index contributed by atoms with van der Waals surface area (Å²) in [4.78, 5) is 3.22. The number of tetrazole rings is 1. The summed E-state index contributed by atoms with van der Waals surface area (Å²) in [6, 6.07) is 12.2. The van der Waals surface area contributed by atoms with Crippen molar-refractivity contribution >= 4 is 0 Å². The van der Waals surface area contributed by atoms with Gasteiger partial charge in [0.15, 0.2) is 0 Å². The van der Waals surface area contributed by atoms with Gasteiger partial charge in [-0.3, -0.25) is 0 Å². The fraction of sp³-hybridized carbons (Fsp3) is 0.0833. The molecule has 2 N–H and O–H groups in total. The van der Waals surface area contributed by atoms with Crippen molar-refractivity contribution in [3.8, 4) is 11.4 Å². The Kier molecular flexibility index (Phi) is 2.42. The van der Waals surface area contributed by atoms with Crippen LogP contribution in [0.4, 0.5) is 0 Å². The number of nitrogens with one attached hydrogen (secondary N) is 2. The highest BCUT2D eigenvalue weighted by Crippen LogP contribution is 2.20. The second-order valence-corrected chi connectivity index (χ2v) is 3.77. The Hall–Kier alpha value is -2.43. The maximum atomic E-state index is 3.99. The van der Waals surface area contributed by atoms with Gasteiger partial charge in [0.05, 0.1) is 0 Å². The Morgan fingerprint density at radius 1 is 1.06 bits per heavy atom. The van der Waals surface area contributed by atoms with Gasteiger partial charge >= 0.3 is 0 Å². The number of nitrogens with zero attached hydrogens (tertiary/aromatic N) is 3. The second kappa shape index (κ2) is 4.21. The first-order valence-electron chi connectivity index (χ1n) is 5.37.